The van der Waals surface area contributed by atoms with Crippen LogP contribution in [0.25, 0.3) is 0 Å². The summed E-state index contributed by atoms with van der Waals surface area (Å²) in [5, 5.41) is 31.4. The van der Waals surface area contributed by atoms with Crippen LogP contribution in [0.4, 0.5) is 0 Å². The lowest BCUT2D eigenvalue weighted by Gasteiger charge is -2.40. The zero-order valence-corrected chi connectivity index (χ0v) is 47.0. The van der Waals surface area contributed by atoms with E-state index in [2.05, 4.69) is 106 Å². The number of esters is 3. The van der Waals surface area contributed by atoms with Gasteiger partial charge in [-0.1, -0.05) is 215 Å². The fourth-order valence-corrected chi connectivity index (χ4v) is 8.49. The molecule has 428 valence electrons. The quantitative estimate of drug-likeness (QED) is 0.0228. The van der Waals surface area contributed by atoms with E-state index in [1.165, 1.54) is 25.7 Å². The van der Waals surface area contributed by atoms with Gasteiger partial charge in [0.1, 0.15) is 18.8 Å². The maximum absolute atomic E-state index is 13.1. The molecule has 0 aromatic heterocycles. The third-order valence-corrected chi connectivity index (χ3v) is 13.0. The largest absolute Gasteiger partial charge is 0.479 e. The molecule has 0 saturated carbocycles. The predicted molar refractivity (Wildman–Crippen MR) is 303 cm³/mol. The number of aliphatic hydroxyl groups is 2. The molecule has 0 aromatic carbocycles. The molecule has 0 bridgehead atoms. The summed E-state index contributed by atoms with van der Waals surface area (Å²) in [4.78, 5) is 51.0. The molecule has 0 radical (unpaired) electrons. The van der Waals surface area contributed by atoms with Crippen LogP contribution >= 0.6 is 0 Å². The molecule has 0 aliphatic carbocycles. The Kier molecular flexibility index (Phi) is 46.6. The number of carbonyl (C=O) groups excluding carboxylic acids is 3. The van der Waals surface area contributed by atoms with Gasteiger partial charge in [-0.2, -0.15) is 0 Å². The van der Waals surface area contributed by atoms with Crippen LogP contribution in [0.3, 0.4) is 0 Å². The Morgan fingerprint density at radius 1 is 0.453 bits per heavy atom. The van der Waals surface area contributed by atoms with E-state index in [-0.39, 0.29) is 25.9 Å². The summed E-state index contributed by atoms with van der Waals surface area (Å²) in [6.07, 6.45) is 52.8. The molecule has 0 aromatic rings. The summed E-state index contributed by atoms with van der Waals surface area (Å²) in [5.41, 5.74) is 0. The lowest BCUT2D eigenvalue weighted by atomic mass is 9.98. The normalized spacial score (nSPS) is 18.8. The van der Waals surface area contributed by atoms with Crippen LogP contribution in [0.1, 0.15) is 239 Å². The third kappa shape index (κ3) is 40.8. The van der Waals surface area contributed by atoms with Crippen molar-refractivity contribution in [3.8, 4) is 0 Å². The molecule has 75 heavy (non-hydrogen) atoms. The number of hydrogen-bond acceptors (Lipinski definition) is 11. The lowest BCUT2D eigenvalue weighted by molar-refractivity contribution is -0.301. The minimum atomic E-state index is -1.91. The number of unbranched alkanes of at least 4 members (excludes halogenated alkanes) is 21. The van der Waals surface area contributed by atoms with E-state index in [1.807, 2.05) is 0 Å². The number of carboxylic acids is 1. The van der Waals surface area contributed by atoms with E-state index in [0.717, 1.165) is 154 Å². The molecular formula is C63H104O12. The van der Waals surface area contributed by atoms with E-state index in [4.69, 9.17) is 23.7 Å². The number of aliphatic carboxylic acids is 1. The molecule has 1 fully saturated rings. The van der Waals surface area contributed by atoms with Crippen LogP contribution in [0, 0.1) is 0 Å². The molecule has 1 aliphatic heterocycles. The van der Waals surface area contributed by atoms with Gasteiger partial charge >= 0.3 is 23.9 Å². The maximum Gasteiger partial charge on any atom is 0.335 e. The fourth-order valence-electron chi connectivity index (χ4n) is 8.49. The molecule has 0 spiro atoms. The topological polar surface area (TPSA) is 175 Å². The fraction of sp³-hybridized carbons (Fsp3) is 0.714. The van der Waals surface area contributed by atoms with Crippen LogP contribution in [0.5, 0.6) is 0 Å². The molecule has 0 amide bonds. The molecular weight excluding hydrogens is 949 g/mol. The van der Waals surface area contributed by atoms with Gasteiger partial charge in [-0.15, -0.1) is 0 Å². The summed E-state index contributed by atoms with van der Waals surface area (Å²) < 4.78 is 28.4. The van der Waals surface area contributed by atoms with Crippen molar-refractivity contribution in [3.05, 3.63) is 85.1 Å². The van der Waals surface area contributed by atoms with Crippen molar-refractivity contribution >= 4 is 23.9 Å². The van der Waals surface area contributed by atoms with Crippen molar-refractivity contribution in [2.75, 3.05) is 13.2 Å². The van der Waals surface area contributed by atoms with Crippen LogP contribution in [0.2, 0.25) is 0 Å². The Morgan fingerprint density at radius 2 is 0.840 bits per heavy atom. The molecule has 6 atom stereocenters. The number of ether oxygens (including phenoxy) is 5. The maximum atomic E-state index is 13.1. The highest BCUT2D eigenvalue weighted by Crippen LogP contribution is 2.26. The van der Waals surface area contributed by atoms with Gasteiger partial charge in [0.25, 0.3) is 0 Å². The minimum absolute atomic E-state index is 0.0564. The minimum Gasteiger partial charge on any atom is -0.479 e. The van der Waals surface area contributed by atoms with E-state index in [0.29, 0.717) is 19.3 Å². The second-order valence-corrected chi connectivity index (χ2v) is 19.9. The van der Waals surface area contributed by atoms with Gasteiger partial charge in [0.2, 0.25) is 0 Å². The molecule has 1 saturated heterocycles. The van der Waals surface area contributed by atoms with Crippen LogP contribution in [-0.4, -0.2) is 89.2 Å². The molecule has 1 heterocycles. The molecule has 12 nitrogen and oxygen atoms in total. The van der Waals surface area contributed by atoms with Crippen molar-refractivity contribution < 1.29 is 58.2 Å². The first kappa shape index (κ1) is 68.9. The van der Waals surface area contributed by atoms with Crippen molar-refractivity contribution in [3.63, 3.8) is 0 Å². The van der Waals surface area contributed by atoms with Gasteiger partial charge in [0.15, 0.2) is 24.6 Å². The Balaban J connectivity index is 2.68. The van der Waals surface area contributed by atoms with E-state index >= 15 is 0 Å². The van der Waals surface area contributed by atoms with Crippen LogP contribution in [0.15, 0.2) is 85.1 Å². The number of hydrogen-bond donors (Lipinski definition) is 3. The highest BCUT2D eigenvalue weighted by molar-refractivity contribution is 5.74. The van der Waals surface area contributed by atoms with Crippen molar-refractivity contribution in [1.29, 1.82) is 0 Å². The number of carbonyl (C=O) groups is 4. The predicted octanol–water partition coefficient (Wildman–Crippen LogP) is 15.1. The van der Waals surface area contributed by atoms with E-state index < -0.39 is 67.3 Å². The second kappa shape index (κ2) is 50.7. The van der Waals surface area contributed by atoms with Gasteiger partial charge in [-0.05, 0) is 89.9 Å². The van der Waals surface area contributed by atoms with Crippen LogP contribution in [-0.2, 0) is 42.9 Å². The summed E-state index contributed by atoms with van der Waals surface area (Å²) in [6.45, 7) is 5.72. The summed E-state index contributed by atoms with van der Waals surface area (Å²) in [7, 11) is 0. The monoisotopic (exact) mass is 1050 g/mol. The van der Waals surface area contributed by atoms with E-state index in [1.54, 1.807) is 0 Å². The van der Waals surface area contributed by atoms with Gasteiger partial charge in [0.05, 0.1) is 6.61 Å². The standard InChI is InChI=1S/C63H104O12/c1-4-7-10-13-16-19-21-23-25-27-28-30-31-33-35-38-40-43-46-49-55(64)71-52-54(73-56(65)50-47-44-42-39-36-34-32-29-26-24-22-20-17-14-11-8-5-2)53-72-63-61(59(68)58(67)60(75-63)62(69)70)74-57(66)51-48-45-41-37-18-15-12-9-6-3/h7-8,10-11,16-17,19-20,23-26,28,30,54,58-61,63,67-68H,4-6,9,12-15,18,21-22,27,29,31-53H2,1-3H3,(H,69,70)/b10-7-,11-8-,19-16-,20-17-,25-23-,26-24-,30-28-. The van der Waals surface area contributed by atoms with Crippen LogP contribution < -0.4 is 0 Å². The number of allylic oxidation sites excluding steroid dienone is 14. The Bertz CT molecular complexity index is 1630. The van der Waals surface area contributed by atoms with Gasteiger partial charge < -0.3 is 39.0 Å². The second-order valence-electron chi connectivity index (χ2n) is 19.9. The highest BCUT2D eigenvalue weighted by atomic mass is 16.7. The zero-order valence-electron chi connectivity index (χ0n) is 47.0. The number of rotatable bonds is 49. The Hall–Kier alpha value is -4.10. The molecule has 12 heteroatoms. The van der Waals surface area contributed by atoms with Crippen molar-refractivity contribution in [2.24, 2.45) is 0 Å². The first-order chi connectivity index (χ1) is 36.6. The van der Waals surface area contributed by atoms with Gasteiger partial charge in [-0.25, -0.2) is 4.79 Å². The van der Waals surface area contributed by atoms with Crippen molar-refractivity contribution in [1.82, 2.24) is 0 Å². The number of aliphatic hydroxyl groups excluding tert-OH is 2. The molecule has 3 N–H and O–H groups in total. The lowest BCUT2D eigenvalue weighted by Crippen LogP contribution is -2.61. The highest BCUT2D eigenvalue weighted by Gasteiger charge is 2.50. The average molecular weight is 1050 g/mol. The Labute approximate surface area is 454 Å². The zero-order chi connectivity index (χ0) is 54.7. The molecule has 1 aliphatic rings. The molecule has 6 unspecified atom stereocenters. The first-order valence-electron chi connectivity index (χ1n) is 29.6. The summed E-state index contributed by atoms with van der Waals surface area (Å²) in [6, 6.07) is 0. The van der Waals surface area contributed by atoms with Gasteiger partial charge in [-0.3, -0.25) is 14.4 Å². The summed E-state index contributed by atoms with van der Waals surface area (Å²) >= 11 is 0. The molecule has 1 rings (SSSR count). The number of carboxylic acid groups (broad SMARTS) is 1. The Morgan fingerprint density at radius 3 is 1.28 bits per heavy atom. The first-order valence-corrected chi connectivity index (χ1v) is 29.6. The van der Waals surface area contributed by atoms with Gasteiger partial charge in [0, 0.05) is 19.3 Å². The van der Waals surface area contributed by atoms with Crippen molar-refractivity contribution in [2.45, 2.75) is 276 Å². The smallest absolute Gasteiger partial charge is 0.335 e. The van der Waals surface area contributed by atoms with E-state index in [9.17, 15) is 34.5 Å². The third-order valence-electron chi connectivity index (χ3n) is 13.0. The summed E-state index contributed by atoms with van der Waals surface area (Å²) in [5.74, 6) is -3.15. The SMILES string of the molecule is CC/C=C\C/C=C\C/C=C\C/C=C\CCCCCCCCC(=O)OCC(COC1OC(C(=O)O)C(O)C(O)C1OC(=O)CCCCCCCCCCC)OC(=O)CCCCCCCCC/C=C\C/C=C\C/C=C\CC. The average Bonchev–Trinajstić information content (AvgIpc) is 3.39.